The maximum absolute atomic E-state index is 11.5. The van der Waals surface area contributed by atoms with Gasteiger partial charge < -0.3 is 20.1 Å². The molecule has 2 atom stereocenters. The van der Waals surface area contributed by atoms with E-state index >= 15 is 0 Å². The van der Waals surface area contributed by atoms with Crippen molar-refractivity contribution in [1.82, 2.24) is 0 Å². The standard InChI is InChI=1S/C13H18O5/c1-2-18-13(17)10-5-3-4-9(8-10)12(16)11(15)6-7-14/h3-5,8,11-12,14-16H,2,6-7H2,1H3. The van der Waals surface area contributed by atoms with Crippen LogP contribution in [0.3, 0.4) is 0 Å². The first kappa shape index (κ1) is 14.6. The van der Waals surface area contributed by atoms with Gasteiger partial charge in [-0.1, -0.05) is 12.1 Å². The summed E-state index contributed by atoms with van der Waals surface area (Å²) in [5.74, 6) is -0.469. The minimum Gasteiger partial charge on any atom is -0.462 e. The number of hydrogen-bond donors (Lipinski definition) is 3. The third-order valence-electron chi connectivity index (χ3n) is 2.53. The van der Waals surface area contributed by atoms with E-state index in [1.54, 1.807) is 25.1 Å². The van der Waals surface area contributed by atoms with Gasteiger partial charge in [-0.3, -0.25) is 0 Å². The summed E-state index contributed by atoms with van der Waals surface area (Å²) in [6.45, 7) is 1.77. The molecule has 5 heteroatoms. The number of ether oxygens (including phenoxy) is 1. The highest BCUT2D eigenvalue weighted by molar-refractivity contribution is 5.89. The molecule has 0 bridgehead atoms. The third-order valence-corrected chi connectivity index (χ3v) is 2.53. The Labute approximate surface area is 106 Å². The number of aliphatic hydroxyl groups excluding tert-OH is 3. The van der Waals surface area contributed by atoms with Crippen LogP contribution < -0.4 is 0 Å². The van der Waals surface area contributed by atoms with E-state index in [0.29, 0.717) is 11.1 Å². The van der Waals surface area contributed by atoms with Gasteiger partial charge in [-0.05, 0) is 31.0 Å². The van der Waals surface area contributed by atoms with Crippen molar-refractivity contribution >= 4 is 5.97 Å². The molecule has 0 aliphatic heterocycles. The van der Waals surface area contributed by atoms with Gasteiger partial charge in [0.15, 0.2) is 0 Å². The molecule has 1 aromatic carbocycles. The molecule has 3 N–H and O–H groups in total. The largest absolute Gasteiger partial charge is 0.462 e. The van der Waals surface area contributed by atoms with Gasteiger partial charge in [0.25, 0.3) is 0 Å². The molecule has 0 spiro atoms. The van der Waals surface area contributed by atoms with Crippen molar-refractivity contribution in [1.29, 1.82) is 0 Å². The Balaban J connectivity index is 2.84. The van der Waals surface area contributed by atoms with Crippen LogP contribution in [0.1, 0.15) is 35.4 Å². The molecule has 0 amide bonds. The maximum Gasteiger partial charge on any atom is 0.338 e. The number of carbonyl (C=O) groups excluding carboxylic acids is 1. The van der Waals surface area contributed by atoms with E-state index in [0.717, 1.165) is 0 Å². The number of rotatable bonds is 6. The molecule has 0 aromatic heterocycles. The molecule has 5 nitrogen and oxygen atoms in total. The van der Waals surface area contributed by atoms with Crippen molar-refractivity contribution in [2.24, 2.45) is 0 Å². The third kappa shape index (κ3) is 3.80. The second kappa shape index (κ2) is 7.10. The van der Waals surface area contributed by atoms with Gasteiger partial charge in [-0.2, -0.15) is 0 Å². The van der Waals surface area contributed by atoms with Crippen molar-refractivity contribution in [2.45, 2.75) is 25.6 Å². The molecular weight excluding hydrogens is 236 g/mol. The summed E-state index contributed by atoms with van der Waals surface area (Å²) in [6.07, 6.45) is -2.12. The molecule has 0 aliphatic rings. The topological polar surface area (TPSA) is 87.0 Å². The van der Waals surface area contributed by atoms with Gasteiger partial charge in [0.05, 0.1) is 18.3 Å². The molecule has 1 rings (SSSR count). The van der Waals surface area contributed by atoms with Crippen LogP contribution in [0.15, 0.2) is 24.3 Å². The fraction of sp³-hybridized carbons (Fsp3) is 0.462. The van der Waals surface area contributed by atoms with Crippen LogP contribution in [-0.4, -0.2) is 40.6 Å². The van der Waals surface area contributed by atoms with E-state index < -0.39 is 18.2 Å². The zero-order chi connectivity index (χ0) is 13.5. The number of esters is 1. The average molecular weight is 254 g/mol. The average Bonchev–Trinajstić information content (AvgIpc) is 2.38. The van der Waals surface area contributed by atoms with E-state index in [-0.39, 0.29) is 19.6 Å². The summed E-state index contributed by atoms with van der Waals surface area (Å²) >= 11 is 0. The highest BCUT2D eigenvalue weighted by atomic mass is 16.5. The molecule has 0 heterocycles. The van der Waals surface area contributed by atoms with Gasteiger partial charge in [0.2, 0.25) is 0 Å². The molecule has 100 valence electrons. The first-order valence-corrected chi connectivity index (χ1v) is 5.84. The van der Waals surface area contributed by atoms with E-state index in [4.69, 9.17) is 9.84 Å². The van der Waals surface area contributed by atoms with Crippen LogP contribution in [-0.2, 0) is 4.74 Å². The number of carbonyl (C=O) groups is 1. The molecule has 0 saturated heterocycles. The van der Waals surface area contributed by atoms with Crippen molar-refractivity contribution < 1.29 is 24.9 Å². The van der Waals surface area contributed by atoms with Gasteiger partial charge in [0.1, 0.15) is 6.10 Å². The highest BCUT2D eigenvalue weighted by Gasteiger charge is 2.19. The second-order valence-corrected chi connectivity index (χ2v) is 3.87. The Bertz CT molecular complexity index is 391. The summed E-state index contributed by atoms with van der Waals surface area (Å²) in [7, 11) is 0. The quantitative estimate of drug-likeness (QED) is 0.648. The fourth-order valence-corrected chi connectivity index (χ4v) is 1.58. The van der Waals surface area contributed by atoms with Crippen LogP contribution in [0.25, 0.3) is 0 Å². The first-order valence-electron chi connectivity index (χ1n) is 5.84. The van der Waals surface area contributed by atoms with Gasteiger partial charge in [0, 0.05) is 6.61 Å². The lowest BCUT2D eigenvalue weighted by Crippen LogP contribution is -2.20. The van der Waals surface area contributed by atoms with Gasteiger partial charge in [-0.15, -0.1) is 0 Å². The monoisotopic (exact) mass is 254 g/mol. The number of benzene rings is 1. The normalized spacial score (nSPS) is 14.0. The van der Waals surface area contributed by atoms with Gasteiger partial charge in [-0.25, -0.2) is 4.79 Å². The molecule has 18 heavy (non-hydrogen) atoms. The molecule has 2 unspecified atom stereocenters. The Morgan fingerprint density at radius 3 is 2.72 bits per heavy atom. The Kier molecular flexibility index (Phi) is 5.77. The van der Waals surface area contributed by atoms with Crippen LogP contribution in [0.2, 0.25) is 0 Å². The predicted octanol–water partition coefficient (Wildman–Crippen LogP) is 0.640. The lowest BCUT2D eigenvalue weighted by molar-refractivity contribution is 0.00412. The summed E-state index contributed by atoms with van der Waals surface area (Å²) in [5.41, 5.74) is 0.742. The van der Waals surface area contributed by atoms with Crippen molar-refractivity contribution in [3.63, 3.8) is 0 Å². The maximum atomic E-state index is 11.5. The summed E-state index contributed by atoms with van der Waals surface area (Å²) in [6, 6.07) is 6.26. The lowest BCUT2D eigenvalue weighted by atomic mass is 10.0. The van der Waals surface area contributed by atoms with Crippen LogP contribution in [0, 0.1) is 0 Å². The first-order chi connectivity index (χ1) is 8.60. The van der Waals surface area contributed by atoms with Crippen LogP contribution >= 0.6 is 0 Å². The van der Waals surface area contributed by atoms with E-state index in [2.05, 4.69) is 0 Å². The van der Waals surface area contributed by atoms with E-state index in [1.807, 2.05) is 0 Å². The summed E-state index contributed by atoms with van der Waals surface area (Å²) in [4.78, 5) is 11.5. The SMILES string of the molecule is CCOC(=O)c1cccc(C(O)C(O)CCO)c1. The molecular formula is C13H18O5. The van der Waals surface area contributed by atoms with E-state index in [9.17, 15) is 15.0 Å². The molecule has 0 radical (unpaired) electrons. The zero-order valence-electron chi connectivity index (χ0n) is 10.2. The highest BCUT2D eigenvalue weighted by Crippen LogP contribution is 2.20. The minimum atomic E-state index is -1.13. The molecule has 0 saturated carbocycles. The van der Waals surface area contributed by atoms with Crippen LogP contribution in [0.5, 0.6) is 0 Å². The smallest absolute Gasteiger partial charge is 0.338 e. The Morgan fingerprint density at radius 1 is 1.39 bits per heavy atom. The lowest BCUT2D eigenvalue weighted by Gasteiger charge is -2.17. The van der Waals surface area contributed by atoms with Gasteiger partial charge >= 0.3 is 5.97 Å². The second-order valence-electron chi connectivity index (χ2n) is 3.87. The fourth-order valence-electron chi connectivity index (χ4n) is 1.58. The van der Waals surface area contributed by atoms with Crippen LogP contribution in [0.4, 0.5) is 0 Å². The van der Waals surface area contributed by atoms with Crippen molar-refractivity contribution in [3.05, 3.63) is 35.4 Å². The Morgan fingerprint density at radius 2 is 2.11 bits per heavy atom. The summed E-state index contributed by atoms with van der Waals surface area (Å²) < 4.78 is 4.85. The Hall–Kier alpha value is -1.43. The molecule has 0 aliphatic carbocycles. The zero-order valence-corrected chi connectivity index (χ0v) is 10.2. The predicted molar refractivity (Wildman–Crippen MR) is 65.1 cm³/mol. The van der Waals surface area contributed by atoms with Crippen molar-refractivity contribution in [3.8, 4) is 0 Å². The molecule has 0 fully saturated rings. The number of hydrogen-bond acceptors (Lipinski definition) is 5. The minimum absolute atomic E-state index is 0.0742. The van der Waals surface area contributed by atoms with E-state index in [1.165, 1.54) is 6.07 Å². The number of aliphatic hydroxyl groups is 3. The molecule has 1 aromatic rings. The van der Waals surface area contributed by atoms with Crippen molar-refractivity contribution in [2.75, 3.05) is 13.2 Å². The summed E-state index contributed by atoms with van der Waals surface area (Å²) in [5, 5.41) is 28.1.